The average Bonchev–Trinajstić information content (AvgIpc) is 2.94. The van der Waals surface area contributed by atoms with E-state index in [4.69, 9.17) is 28.4 Å². The van der Waals surface area contributed by atoms with Crippen molar-refractivity contribution in [3.05, 3.63) is 46.5 Å². The van der Waals surface area contributed by atoms with Gasteiger partial charge in [0.2, 0.25) is 0 Å². The highest BCUT2D eigenvalue weighted by atomic mass is 16.6. The molecule has 0 fully saturated rings. The van der Waals surface area contributed by atoms with Crippen LogP contribution in [0.15, 0.2) is 24.3 Å². The van der Waals surface area contributed by atoms with Gasteiger partial charge in [0.1, 0.15) is 64.6 Å². The predicted molar refractivity (Wildman–Crippen MR) is 164 cm³/mol. The quantitative estimate of drug-likeness (QED) is 0.265. The van der Waals surface area contributed by atoms with Crippen molar-refractivity contribution in [2.75, 3.05) is 13.7 Å². The SMILES string of the molecule is COc1cc(O)c2c(c1)C[C@@H](C)OC(=O)C[C@@H](C)OC(=O)c1c(O)cc(O)cc1C[C@@H](C)OC(=O)C[C@@H](CO)OC(=O)C[C@@H](C)OC2=O. The standard InChI is InChI=1S/C33H40O15/c1-16-6-20-10-22(35)12-25(36)30(20)32(41)46-18(3)8-27(38)44-17(2)7-21-11-23(43-5)13-26(37)31(21)33(42)47-19(4)9-28(39)48-24(15-34)14-29(40)45-16/h10-13,16-19,24,34-37H,6-9,14-15H2,1-5H3/t16-,17-,18-,19-,24+/m1/s1. The van der Waals surface area contributed by atoms with Crippen LogP contribution in [0.2, 0.25) is 0 Å². The van der Waals surface area contributed by atoms with Gasteiger partial charge in [0.25, 0.3) is 0 Å². The second-order valence-electron chi connectivity index (χ2n) is 11.5. The normalized spacial score (nSPS) is 24.0. The summed E-state index contributed by atoms with van der Waals surface area (Å²) in [6, 6.07) is 4.74. The molecule has 262 valence electrons. The third-order valence-electron chi connectivity index (χ3n) is 7.10. The predicted octanol–water partition coefficient (Wildman–Crippen LogP) is 2.64. The fourth-order valence-electron chi connectivity index (χ4n) is 5.08. The molecule has 1 aliphatic rings. The number of aliphatic hydroxyl groups excluding tert-OH is 1. The van der Waals surface area contributed by atoms with E-state index in [0.717, 1.165) is 6.07 Å². The molecule has 48 heavy (non-hydrogen) atoms. The van der Waals surface area contributed by atoms with E-state index in [2.05, 4.69) is 0 Å². The molecule has 0 unspecified atom stereocenters. The zero-order valence-corrected chi connectivity index (χ0v) is 27.2. The third kappa shape index (κ3) is 10.5. The number of benzene rings is 2. The Labute approximate surface area is 276 Å². The number of aliphatic hydroxyl groups is 1. The fraction of sp³-hybridized carbons (Fsp3) is 0.485. The van der Waals surface area contributed by atoms with Crippen LogP contribution >= 0.6 is 0 Å². The Kier molecular flexibility index (Phi) is 13.0. The minimum Gasteiger partial charge on any atom is -0.508 e. The molecule has 3 rings (SSSR count). The van der Waals surface area contributed by atoms with E-state index in [1.54, 1.807) is 0 Å². The minimum atomic E-state index is -1.30. The van der Waals surface area contributed by atoms with E-state index in [1.807, 2.05) is 0 Å². The molecule has 0 aliphatic carbocycles. The van der Waals surface area contributed by atoms with Gasteiger partial charge < -0.3 is 48.8 Å². The number of carbonyl (C=O) groups is 5. The maximum atomic E-state index is 13.2. The van der Waals surface area contributed by atoms with Gasteiger partial charge in [-0.25, -0.2) is 9.59 Å². The lowest BCUT2D eigenvalue weighted by Gasteiger charge is -2.21. The summed E-state index contributed by atoms with van der Waals surface area (Å²) in [7, 11) is 1.35. The molecule has 0 saturated carbocycles. The van der Waals surface area contributed by atoms with Crippen molar-refractivity contribution in [3.8, 4) is 23.0 Å². The summed E-state index contributed by atoms with van der Waals surface area (Å²) in [6.07, 6.45) is -6.85. The van der Waals surface area contributed by atoms with Crippen LogP contribution in [0.1, 0.15) is 78.8 Å². The molecule has 15 nitrogen and oxygen atoms in total. The number of ether oxygens (including phenoxy) is 6. The molecule has 0 spiro atoms. The summed E-state index contributed by atoms with van der Waals surface area (Å²) < 4.78 is 32.0. The number of phenolic OH excluding ortho intramolecular Hbond substituents is 3. The topological polar surface area (TPSA) is 222 Å². The first-order chi connectivity index (χ1) is 22.6. The molecular weight excluding hydrogens is 636 g/mol. The van der Waals surface area contributed by atoms with E-state index in [9.17, 15) is 44.4 Å². The number of hydrogen-bond acceptors (Lipinski definition) is 15. The molecule has 4 N–H and O–H groups in total. The van der Waals surface area contributed by atoms with Gasteiger partial charge in [-0.2, -0.15) is 0 Å². The zero-order valence-electron chi connectivity index (χ0n) is 27.2. The molecule has 2 aromatic carbocycles. The number of esters is 5. The number of phenols is 3. The van der Waals surface area contributed by atoms with Gasteiger partial charge in [-0.1, -0.05) is 0 Å². The van der Waals surface area contributed by atoms with Crippen molar-refractivity contribution < 1.29 is 72.8 Å². The summed E-state index contributed by atoms with van der Waals surface area (Å²) in [6.45, 7) is 5.10. The molecule has 5 atom stereocenters. The molecule has 0 radical (unpaired) electrons. The Hall–Kier alpha value is -5.05. The molecule has 15 heteroatoms. The van der Waals surface area contributed by atoms with Crippen LogP contribution in [0, 0.1) is 0 Å². The number of hydrogen-bond donors (Lipinski definition) is 4. The van der Waals surface area contributed by atoms with Gasteiger partial charge in [0, 0.05) is 25.0 Å². The largest absolute Gasteiger partial charge is 0.508 e. The number of rotatable bonds is 2. The van der Waals surface area contributed by atoms with Crippen molar-refractivity contribution in [3.63, 3.8) is 0 Å². The first-order valence-corrected chi connectivity index (χ1v) is 15.2. The maximum absolute atomic E-state index is 13.2. The van der Waals surface area contributed by atoms with Crippen molar-refractivity contribution in [1.82, 2.24) is 0 Å². The molecule has 0 saturated heterocycles. The van der Waals surface area contributed by atoms with Crippen LogP contribution in [-0.2, 0) is 50.9 Å². The number of methoxy groups -OCH3 is 1. The van der Waals surface area contributed by atoms with Gasteiger partial charge >= 0.3 is 29.8 Å². The van der Waals surface area contributed by atoms with Crippen LogP contribution in [0.5, 0.6) is 23.0 Å². The molecule has 1 aliphatic heterocycles. The average molecular weight is 677 g/mol. The molecule has 0 bridgehead atoms. The van der Waals surface area contributed by atoms with Crippen LogP contribution in [-0.4, -0.2) is 94.5 Å². The fourth-order valence-corrected chi connectivity index (χ4v) is 5.08. The Balaban J connectivity index is 1.94. The summed E-state index contributed by atoms with van der Waals surface area (Å²) in [5.41, 5.74) is -0.316. The van der Waals surface area contributed by atoms with E-state index in [-0.39, 0.29) is 46.6 Å². The smallest absolute Gasteiger partial charge is 0.342 e. The van der Waals surface area contributed by atoms with Crippen molar-refractivity contribution in [1.29, 1.82) is 0 Å². The lowest BCUT2D eigenvalue weighted by Crippen LogP contribution is -2.30. The number of carbonyl (C=O) groups excluding carboxylic acids is 5. The lowest BCUT2D eigenvalue weighted by molar-refractivity contribution is -0.160. The van der Waals surface area contributed by atoms with Gasteiger partial charge in [-0.3, -0.25) is 14.4 Å². The highest BCUT2D eigenvalue weighted by Gasteiger charge is 2.29. The van der Waals surface area contributed by atoms with Gasteiger partial charge in [0.15, 0.2) is 0 Å². The second-order valence-corrected chi connectivity index (χ2v) is 11.5. The molecular formula is C33H40O15. The van der Waals surface area contributed by atoms with E-state index < -0.39 is 97.7 Å². The minimum absolute atomic E-state index is 0.0710. The van der Waals surface area contributed by atoms with Crippen molar-refractivity contribution in [2.24, 2.45) is 0 Å². The summed E-state index contributed by atoms with van der Waals surface area (Å²) in [4.78, 5) is 64.3. The van der Waals surface area contributed by atoms with Crippen LogP contribution in [0.3, 0.4) is 0 Å². The summed E-state index contributed by atoms with van der Waals surface area (Å²) >= 11 is 0. The zero-order chi connectivity index (χ0) is 35.7. The Bertz CT molecular complexity index is 1520. The van der Waals surface area contributed by atoms with Gasteiger partial charge in [-0.05, 0) is 51.0 Å². The van der Waals surface area contributed by atoms with Crippen LogP contribution in [0.4, 0.5) is 0 Å². The number of fused-ring (bicyclic) bond motifs is 2. The second kappa shape index (κ2) is 16.7. The van der Waals surface area contributed by atoms with Crippen molar-refractivity contribution >= 4 is 29.8 Å². The Morgan fingerprint density at radius 1 is 0.604 bits per heavy atom. The first kappa shape index (κ1) is 37.4. The highest BCUT2D eigenvalue weighted by Crippen LogP contribution is 2.32. The summed E-state index contributed by atoms with van der Waals surface area (Å²) in [5.74, 6) is -5.85. The molecule has 0 amide bonds. The number of aromatic hydroxyl groups is 3. The maximum Gasteiger partial charge on any atom is 0.342 e. The van der Waals surface area contributed by atoms with E-state index >= 15 is 0 Å². The molecule has 0 aromatic heterocycles. The first-order valence-electron chi connectivity index (χ1n) is 15.2. The Morgan fingerprint density at radius 3 is 1.54 bits per heavy atom. The third-order valence-corrected chi connectivity index (χ3v) is 7.10. The lowest BCUT2D eigenvalue weighted by atomic mass is 10.00. The monoisotopic (exact) mass is 676 g/mol. The van der Waals surface area contributed by atoms with Crippen LogP contribution < -0.4 is 4.74 Å². The van der Waals surface area contributed by atoms with E-state index in [0.29, 0.717) is 0 Å². The number of cyclic esters (lactones) is 5. The van der Waals surface area contributed by atoms with Gasteiger partial charge in [-0.15, -0.1) is 0 Å². The molecule has 2 aromatic rings. The molecule has 1 heterocycles. The van der Waals surface area contributed by atoms with Gasteiger partial charge in [0.05, 0.1) is 33.0 Å². The van der Waals surface area contributed by atoms with Crippen LogP contribution in [0.25, 0.3) is 0 Å². The van der Waals surface area contributed by atoms with Crippen molar-refractivity contribution in [2.45, 2.75) is 90.3 Å². The van der Waals surface area contributed by atoms with E-state index in [1.165, 1.54) is 53.0 Å². The Morgan fingerprint density at radius 2 is 1.04 bits per heavy atom. The summed E-state index contributed by atoms with van der Waals surface area (Å²) in [5, 5.41) is 40.9. The highest BCUT2D eigenvalue weighted by molar-refractivity contribution is 5.95.